The van der Waals surface area contributed by atoms with Gasteiger partial charge in [0.1, 0.15) is 5.75 Å². The fraction of sp³-hybridized carbons (Fsp3) is 0.654. The molecule has 1 aromatic carbocycles. The number of carbonyl (C=O) groups excluding carboxylic acids is 1. The Kier molecular flexibility index (Phi) is 5.35. The van der Waals surface area contributed by atoms with E-state index in [4.69, 9.17) is 4.74 Å². The van der Waals surface area contributed by atoms with Gasteiger partial charge >= 0.3 is 6.18 Å². The van der Waals surface area contributed by atoms with Crippen molar-refractivity contribution in [2.45, 2.75) is 51.1 Å². The first-order valence-electron chi connectivity index (χ1n) is 12.6. The summed E-state index contributed by atoms with van der Waals surface area (Å²) < 4.78 is 44.0. The molecule has 0 radical (unpaired) electrons. The standard InChI is InChI=1S/C26H32F3N3O2/c27-26(28,29)15-32-13-17-7-16(8-18(17)14-32)3-6-34-20-1-2-22-21(9-20)23(12-30-22)31-24(33)19-10-25(11-19)4-5-25/h1-2,9,12,16-19,30H,3-8,10-11,13-15H2,(H,31,33)/t16-,17-,18+. The lowest BCUT2D eigenvalue weighted by Gasteiger charge is -2.34. The van der Waals surface area contributed by atoms with Gasteiger partial charge in [-0.05, 0) is 86.3 Å². The zero-order valence-corrected chi connectivity index (χ0v) is 19.3. The van der Waals surface area contributed by atoms with Gasteiger partial charge in [-0.1, -0.05) is 0 Å². The number of aromatic nitrogens is 1. The summed E-state index contributed by atoms with van der Waals surface area (Å²) in [5.74, 6) is 2.33. The maximum Gasteiger partial charge on any atom is 0.401 e. The van der Waals surface area contributed by atoms with E-state index in [-0.39, 0.29) is 11.8 Å². The number of likely N-dealkylation sites (tertiary alicyclic amines) is 1. The van der Waals surface area contributed by atoms with E-state index in [0.29, 0.717) is 42.9 Å². The van der Waals surface area contributed by atoms with E-state index in [0.717, 1.165) is 54.4 Å². The first kappa shape index (κ1) is 22.3. The fourth-order valence-electron chi connectivity index (χ4n) is 6.77. The van der Waals surface area contributed by atoms with Crippen LogP contribution in [0.4, 0.5) is 18.9 Å². The van der Waals surface area contributed by atoms with Gasteiger partial charge in [0, 0.05) is 36.1 Å². The van der Waals surface area contributed by atoms with Crippen molar-refractivity contribution in [2.24, 2.45) is 29.1 Å². The van der Waals surface area contributed by atoms with Gasteiger partial charge in [-0.3, -0.25) is 9.69 Å². The number of halogens is 3. The Labute approximate surface area is 197 Å². The van der Waals surface area contributed by atoms with Crippen molar-refractivity contribution >= 4 is 22.5 Å². The molecule has 6 rings (SSSR count). The topological polar surface area (TPSA) is 57.4 Å². The summed E-state index contributed by atoms with van der Waals surface area (Å²) in [5, 5.41) is 4.05. The predicted octanol–water partition coefficient (Wildman–Crippen LogP) is 5.59. The molecule has 1 spiro atoms. The third-order valence-electron chi connectivity index (χ3n) is 8.72. The summed E-state index contributed by atoms with van der Waals surface area (Å²) >= 11 is 0. The number of hydrogen-bond donors (Lipinski definition) is 2. The van der Waals surface area contributed by atoms with Crippen molar-refractivity contribution < 1.29 is 22.7 Å². The number of carbonyl (C=O) groups is 1. The number of alkyl halides is 3. The highest BCUT2D eigenvalue weighted by molar-refractivity contribution is 6.03. The molecule has 1 saturated heterocycles. The van der Waals surface area contributed by atoms with Crippen LogP contribution in [0.3, 0.4) is 0 Å². The van der Waals surface area contributed by atoms with Crippen molar-refractivity contribution in [3.8, 4) is 5.75 Å². The van der Waals surface area contributed by atoms with Gasteiger partial charge in [0.05, 0.1) is 18.8 Å². The van der Waals surface area contributed by atoms with Gasteiger partial charge in [-0.15, -0.1) is 0 Å². The van der Waals surface area contributed by atoms with E-state index in [1.165, 1.54) is 12.8 Å². The molecule has 0 bridgehead atoms. The highest BCUT2D eigenvalue weighted by Crippen LogP contribution is 2.63. The van der Waals surface area contributed by atoms with Crippen LogP contribution >= 0.6 is 0 Å². The molecule has 8 heteroatoms. The van der Waals surface area contributed by atoms with Gasteiger partial charge in [0.25, 0.3) is 0 Å². The predicted molar refractivity (Wildman–Crippen MR) is 124 cm³/mol. The van der Waals surface area contributed by atoms with Crippen molar-refractivity contribution in [1.82, 2.24) is 9.88 Å². The van der Waals surface area contributed by atoms with Crippen LogP contribution in [0.1, 0.15) is 44.9 Å². The third kappa shape index (κ3) is 4.53. The van der Waals surface area contributed by atoms with Gasteiger partial charge in [-0.2, -0.15) is 13.2 Å². The van der Waals surface area contributed by atoms with Gasteiger partial charge in [0.15, 0.2) is 0 Å². The minimum Gasteiger partial charge on any atom is -0.494 e. The minimum atomic E-state index is -4.11. The minimum absolute atomic E-state index is 0.116. The molecule has 2 N–H and O–H groups in total. The maximum atomic E-state index is 12.7. The molecule has 2 heterocycles. The van der Waals surface area contributed by atoms with Crippen LogP contribution in [0.15, 0.2) is 24.4 Å². The molecule has 1 aromatic heterocycles. The molecule has 184 valence electrons. The SMILES string of the molecule is O=C(Nc1c[nH]c2ccc(OCC[C@@H]3C[C@@H]4CN(CC(F)(F)F)C[C@@H]4C3)cc12)C1CC2(CC2)C1. The van der Waals surface area contributed by atoms with E-state index in [1.54, 1.807) is 4.90 Å². The molecule has 1 amide bonds. The number of H-pyrrole nitrogens is 1. The molecule has 4 aliphatic rings. The number of fused-ring (bicyclic) bond motifs is 2. The number of amides is 1. The smallest absolute Gasteiger partial charge is 0.401 e. The first-order chi connectivity index (χ1) is 16.3. The summed E-state index contributed by atoms with van der Waals surface area (Å²) in [4.78, 5) is 17.4. The quantitative estimate of drug-likeness (QED) is 0.549. The lowest BCUT2D eigenvalue weighted by molar-refractivity contribution is -0.144. The Morgan fingerprint density at radius 2 is 1.91 bits per heavy atom. The van der Waals surface area contributed by atoms with Gasteiger partial charge < -0.3 is 15.0 Å². The normalized spacial score (nSPS) is 28.3. The summed E-state index contributed by atoms with van der Waals surface area (Å²) in [6.07, 6.45) is 5.27. The summed E-state index contributed by atoms with van der Waals surface area (Å²) in [7, 11) is 0. The molecule has 3 atom stereocenters. The highest BCUT2D eigenvalue weighted by Gasteiger charge is 2.55. The second-order valence-electron chi connectivity index (χ2n) is 11.3. The van der Waals surface area contributed by atoms with Crippen LogP contribution < -0.4 is 10.1 Å². The zero-order valence-electron chi connectivity index (χ0n) is 19.3. The van der Waals surface area contributed by atoms with Crippen LogP contribution in [0.5, 0.6) is 5.75 Å². The lowest BCUT2D eigenvalue weighted by Crippen LogP contribution is -2.35. The largest absolute Gasteiger partial charge is 0.494 e. The van der Waals surface area contributed by atoms with Crippen LogP contribution in [0.2, 0.25) is 0 Å². The van der Waals surface area contributed by atoms with E-state index in [1.807, 2.05) is 24.4 Å². The molecule has 0 unspecified atom stereocenters. The Morgan fingerprint density at radius 1 is 1.18 bits per heavy atom. The Balaban J connectivity index is 0.989. The van der Waals surface area contributed by atoms with Crippen molar-refractivity contribution in [3.63, 3.8) is 0 Å². The van der Waals surface area contributed by atoms with Crippen LogP contribution in [0.25, 0.3) is 10.9 Å². The zero-order chi connectivity index (χ0) is 23.5. The average Bonchev–Trinajstić information content (AvgIpc) is 3.16. The Morgan fingerprint density at radius 3 is 2.59 bits per heavy atom. The molecular weight excluding hydrogens is 443 g/mol. The van der Waals surface area contributed by atoms with Gasteiger partial charge in [0.2, 0.25) is 5.91 Å². The Bertz CT molecular complexity index is 1050. The molecule has 5 nitrogen and oxygen atoms in total. The van der Waals surface area contributed by atoms with E-state index in [2.05, 4.69) is 10.3 Å². The number of hydrogen-bond acceptors (Lipinski definition) is 3. The first-order valence-corrected chi connectivity index (χ1v) is 12.6. The molecule has 2 aromatic rings. The highest BCUT2D eigenvalue weighted by atomic mass is 19.4. The number of benzene rings is 1. The summed E-state index contributed by atoms with van der Waals surface area (Å²) in [5.41, 5.74) is 2.26. The van der Waals surface area contributed by atoms with Crippen molar-refractivity contribution in [1.29, 1.82) is 0 Å². The molecule has 1 aliphatic heterocycles. The number of rotatable bonds is 7. The van der Waals surface area contributed by atoms with Crippen molar-refractivity contribution in [3.05, 3.63) is 24.4 Å². The molecule has 3 aliphatic carbocycles. The van der Waals surface area contributed by atoms with Crippen molar-refractivity contribution in [2.75, 3.05) is 31.6 Å². The fourth-order valence-corrected chi connectivity index (χ4v) is 6.77. The molecular formula is C26H32F3N3O2. The summed E-state index contributed by atoms with van der Waals surface area (Å²) in [6, 6.07) is 5.88. The molecule has 34 heavy (non-hydrogen) atoms. The maximum absolute atomic E-state index is 12.7. The second-order valence-corrected chi connectivity index (χ2v) is 11.3. The monoisotopic (exact) mass is 475 g/mol. The van der Waals surface area contributed by atoms with Crippen LogP contribution in [-0.2, 0) is 4.79 Å². The second kappa shape index (κ2) is 8.18. The third-order valence-corrected chi connectivity index (χ3v) is 8.72. The average molecular weight is 476 g/mol. The number of aromatic amines is 1. The van der Waals surface area contributed by atoms with E-state index >= 15 is 0 Å². The lowest BCUT2D eigenvalue weighted by atomic mass is 9.71. The molecule has 4 fully saturated rings. The summed E-state index contributed by atoms with van der Waals surface area (Å²) in [6.45, 7) is 0.960. The van der Waals surface area contributed by atoms with Gasteiger partial charge in [-0.25, -0.2) is 0 Å². The number of ether oxygens (including phenoxy) is 1. The number of anilines is 1. The number of nitrogens with zero attached hydrogens (tertiary/aromatic N) is 1. The molecule has 3 saturated carbocycles. The number of nitrogens with one attached hydrogen (secondary N) is 2. The van der Waals surface area contributed by atoms with Crippen LogP contribution in [0, 0.1) is 29.1 Å². The van der Waals surface area contributed by atoms with E-state index in [9.17, 15) is 18.0 Å². The van der Waals surface area contributed by atoms with Crippen LogP contribution in [-0.4, -0.2) is 48.2 Å². The Hall–Kier alpha value is -2.22. The van der Waals surface area contributed by atoms with E-state index < -0.39 is 12.7 Å².